The van der Waals surface area contributed by atoms with Gasteiger partial charge in [0.05, 0.1) is 19.8 Å². The Hall–Kier alpha value is -1.33. The van der Waals surface area contributed by atoms with E-state index in [2.05, 4.69) is 10.3 Å². The van der Waals surface area contributed by atoms with Crippen LogP contribution in [0.25, 0.3) is 0 Å². The Labute approximate surface area is 101 Å². The first-order valence-electron chi connectivity index (χ1n) is 5.84. The molecule has 0 aliphatic rings. The van der Waals surface area contributed by atoms with Crippen molar-refractivity contribution >= 4 is 0 Å². The molecule has 5 nitrogen and oxygen atoms in total. The van der Waals surface area contributed by atoms with E-state index < -0.39 is 0 Å². The fourth-order valence-electron chi connectivity index (χ4n) is 1.26. The molecule has 2 N–H and O–H groups in total. The van der Waals surface area contributed by atoms with Crippen LogP contribution in [0, 0.1) is 0 Å². The summed E-state index contributed by atoms with van der Waals surface area (Å²) in [6, 6.07) is 1.52. The van der Waals surface area contributed by atoms with Gasteiger partial charge in [0.1, 0.15) is 0 Å². The van der Waals surface area contributed by atoms with Crippen LogP contribution < -0.4 is 15.5 Å². The fourth-order valence-corrected chi connectivity index (χ4v) is 1.26. The first-order valence-corrected chi connectivity index (χ1v) is 5.84. The van der Waals surface area contributed by atoms with Gasteiger partial charge < -0.3 is 19.8 Å². The molecule has 0 aliphatic carbocycles. The van der Waals surface area contributed by atoms with Crippen molar-refractivity contribution < 1.29 is 9.47 Å². The molecule has 0 aliphatic heterocycles. The second-order valence-corrected chi connectivity index (χ2v) is 3.69. The van der Waals surface area contributed by atoms with Crippen LogP contribution in [-0.2, 0) is 11.3 Å². The van der Waals surface area contributed by atoms with Crippen molar-refractivity contribution in [2.75, 3.05) is 26.8 Å². The van der Waals surface area contributed by atoms with Gasteiger partial charge in [-0.25, -0.2) is 0 Å². The number of nitrogens with one attached hydrogen (secondary N) is 2. The molecule has 0 bridgehead atoms. The molecule has 1 aromatic heterocycles. The summed E-state index contributed by atoms with van der Waals surface area (Å²) in [4.78, 5) is 14.6. The van der Waals surface area contributed by atoms with E-state index in [0.29, 0.717) is 25.6 Å². The number of ether oxygens (including phenoxy) is 2. The minimum atomic E-state index is -0.107. The SMILES string of the molecule is CCCOc1c[nH]c(COCCNC)cc1=O. The molecule has 96 valence electrons. The predicted octanol–water partition coefficient (Wildman–Crippen LogP) is 0.900. The van der Waals surface area contributed by atoms with Crippen LogP contribution in [0.4, 0.5) is 0 Å². The molecular formula is C12H20N2O3. The van der Waals surface area contributed by atoms with Crippen molar-refractivity contribution in [2.24, 2.45) is 0 Å². The second kappa shape index (κ2) is 7.86. The van der Waals surface area contributed by atoms with Gasteiger partial charge in [-0.1, -0.05) is 6.92 Å². The second-order valence-electron chi connectivity index (χ2n) is 3.69. The number of hydrogen-bond acceptors (Lipinski definition) is 4. The predicted molar refractivity (Wildman–Crippen MR) is 66.4 cm³/mol. The lowest BCUT2D eigenvalue weighted by atomic mass is 10.3. The molecule has 0 spiro atoms. The molecule has 0 saturated heterocycles. The normalized spacial score (nSPS) is 10.5. The molecule has 1 aromatic rings. The lowest BCUT2D eigenvalue weighted by Gasteiger charge is -2.06. The van der Waals surface area contributed by atoms with Crippen molar-refractivity contribution in [1.29, 1.82) is 0 Å². The summed E-state index contributed by atoms with van der Waals surface area (Å²) in [6.07, 6.45) is 2.48. The van der Waals surface area contributed by atoms with Gasteiger partial charge in [0.15, 0.2) is 5.75 Å². The summed E-state index contributed by atoms with van der Waals surface area (Å²) < 4.78 is 10.7. The van der Waals surface area contributed by atoms with E-state index in [-0.39, 0.29) is 5.43 Å². The van der Waals surface area contributed by atoms with Gasteiger partial charge in [0, 0.05) is 24.5 Å². The molecule has 0 fully saturated rings. The Bertz CT molecular complexity index is 376. The maximum absolute atomic E-state index is 11.6. The van der Waals surface area contributed by atoms with Crippen LogP contribution in [0.1, 0.15) is 19.0 Å². The zero-order valence-corrected chi connectivity index (χ0v) is 10.4. The number of pyridine rings is 1. The van der Waals surface area contributed by atoms with E-state index in [1.807, 2.05) is 14.0 Å². The van der Waals surface area contributed by atoms with Gasteiger partial charge in [-0.05, 0) is 13.5 Å². The molecule has 0 amide bonds. The van der Waals surface area contributed by atoms with Gasteiger partial charge >= 0.3 is 0 Å². The topological polar surface area (TPSA) is 63.4 Å². The number of H-pyrrole nitrogens is 1. The Kier molecular flexibility index (Phi) is 6.35. The van der Waals surface area contributed by atoms with Crippen molar-refractivity contribution in [2.45, 2.75) is 20.0 Å². The third kappa shape index (κ3) is 5.01. The van der Waals surface area contributed by atoms with Crippen molar-refractivity contribution in [1.82, 2.24) is 10.3 Å². The summed E-state index contributed by atoms with van der Waals surface area (Å²) in [5.74, 6) is 0.367. The fraction of sp³-hybridized carbons (Fsp3) is 0.583. The molecule has 1 rings (SSSR count). The monoisotopic (exact) mass is 240 g/mol. The average Bonchev–Trinajstić information content (AvgIpc) is 2.34. The van der Waals surface area contributed by atoms with E-state index in [4.69, 9.17) is 9.47 Å². The summed E-state index contributed by atoms with van der Waals surface area (Å²) in [6.45, 7) is 4.37. The van der Waals surface area contributed by atoms with Crippen molar-refractivity contribution in [3.63, 3.8) is 0 Å². The zero-order valence-electron chi connectivity index (χ0n) is 10.4. The summed E-state index contributed by atoms with van der Waals surface area (Å²) >= 11 is 0. The molecule has 0 saturated carbocycles. The molecule has 0 aromatic carbocycles. The highest BCUT2D eigenvalue weighted by Crippen LogP contribution is 2.03. The summed E-state index contributed by atoms with van der Waals surface area (Å²) in [5.41, 5.74) is 0.652. The number of aromatic nitrogens is 1. The van der Waals surface area contributed by atoms with Crippen molar-refractivity contribution in [3.05, 3.63) is 28.2 Å². The largest absolute Gasteiger partial charge is 0.488 e. The molecule has 0 unspecified atom stereocenters. The highest BCUT2D eigenvalue weighted by molar-refractivity contribution is 5.19. The maximum Gasteiger partial charge on any atom is 0.223 e. The van der Waals surface area contributed by atoms with Crippen LogP contribution >= 0.6 is 0 Å². The first kappa shape index (κ1) is 13.7. The van der Waals surface area contributed by atoms with E-state index in [1.54, 1.807) is 6.20 Å². The molecule has 0 atom stereocenters. The molecular weight excluding hydrogens is 220 g/mol. The zero-order chi connectivity index (χ0) is 12.5. The van der Waals surface area contributed by atoms with Crippen LogP contribution in [0.15, 0.2) is 17.1 Å². The maximum atomic E-state index is 11.6. The number of likely N-dealkylation sites (N-methyl/N-ethyl adjacent to an activating group) is 1. The molecule has 0 radical (unpaired) electrons. The number of rotatable bonds is 8. The number of aromatic amines is 1. The molecule has 1 heterocycles. The quantitative estimate of drug-likeness (QED) is 0.663. The first-order chi connectivity index (χ1) is 8.27. The summed E-state index contributed by atoms with van der Waals surface area (Å²) in [5, 5.41) is 2.98. The van der Waals surface area contributed by atoms with E-state index in [0.717, 1.165) is 18.7 Å². The third-order valence-electron chi connectivity index (χ3n) is 2.15. The summed E-state index contributed by atoms with van der Waals surface area (Å²) in [7, 11) is 1.87. The van der Waals surface area contributed by atoms with Gasteiger partial charge in [0.25, 0.3) is 0 Å². The average molecular weight is 240 g/mol. The third-order valence-corrected chi connectivity index (χ3v) is 2.15. The highest BCUT2D eigenvalue weighted by Gasteiger charge is 2.02. The van der Waals surface area contributed by atoms with Crippen LogP contribution in [0.2, 0.25) is 0 Å². The van der Waals surface area contributed by atoms with Crippen LogP contribution in [0.3, 0.4) is 0 Å². The minimum absolute atomic E-state index is 0.107. The Balaban J connectivity index is 2.47. The lowest BCUT2D eigenvalue weighted by molar-refractivity contribution is 0.121. The van der Waals surface area contributed by atoms with E-state index in [1.165, 1.54) is 6.07 Å². The molecule has 17 heavy (non-hydrogen) atoms. The van der Waals surface area contributed by atoms with E-state index in [9.17, 15) is 4.79 Å². The Morgan fingerprint density at radius 2 is 2.24 bits per heavy atom. The van der Waals surface area contributed by atoms with Gasteiger partial charge in [-0.2, -0.15) is 0 Å². The molecule has 5 heteroatoms. The Morgan fingerprint density at radius 1 is 1.41 bits per heavy atom. The van der Waals surface area contributed by atoms with Crippen LogP contribution in [-0.4, -0.2) is 31.8 Å². The Morgan fingerprint density at radius 3 is 2.88 bits per heavy atom. The van der Waals surface area contributed by atoms with Gasteiger partial charge in [-0.15, -0.1) is 0 Å². The number of hydrogen-bond donors (Lipinski definition) is 2. The standard InChI is InChI=1S/C12H20N2O3/c1-3-5-17-12-8-14-10(7-11(12)15)9-16-6-4-13-2/h7-8,13H,3-6,9H2,1-2H3,(H,14,15). The van der Waals surface area contributed by atoms with Gasteiger partial charge in [-0.3, -0.25) is 4.79 Å². The highest BCUT2D eigenvalue weighted by atomic mass is 16.5. The minimum Gasteiger partial charge on any atom is -0.488 e. The van der Waals surface area contributed by atoms with Gasteiger partial charge in [0.2, 0.25) is 5.43 Å². The van der Waals surface area contributed by atoms with Crippen molar-refractivity contribution in [3.8, 4) is 5.75 Å². The lowest BCUT2D eigenvalue weighted by Crippen LogP contribution is -2.15. The smallest absolute Gasteiger partial charge is 0.223 e. The van der Waals surface area contributed by atoms with E-state index >= 15 is 0 Å². The van der Waals surface area contributed by atoms with Crippen LogP contribution in [0.5, 0.6) is 5.75 Å².